The maximum absolute atomic E-state index is 13.1. The normalized spacial score (nSPS) is 25.4. The van der Waals surface area contributed by atoms with Gasteiger partial charge in [-0.2, -0.15) is 0 Å². The van der Waals surface area contributed by atoms with E-state index in [1.54, 1.807) is 30.2 Å². The van der Waals surface area contributed by atoms with Crippen molar-refractivity contribution in [1.82, 2.24) is 14.7 Å². The second-order valence-electron chi connectivity index (χ2n) is 9.15. The number of methoxy groups -OCH3 is 1. The van der Waals surface area contributed by atoms with Gasteiger partial charge in [0.25, 0.3) is 0 Å². The molecule has 3 aliphatic rings. The van der Waals surface area contributed by atoms with Crippen molar-refractivity contribution in [2.45, 2.75) is 31.3 Å². The average Bonchev–Trinajstić information content (AvgIpc) is 3.31. The van der Waals surface area contributed by atoms with Crippen molar-refractivity contribution in [2.24, 2.45) is 5.92 Å². The summed E-state index contributed by atoms with van der Waals surface area (Å²) >= 11 is 0. The Bertz CT molecular complexity index is 886. The standard InChI is InChI=1S/C23H31N3O5/c1-24(2)8-4-9-25-14-16(11-21(25)28)22(29)26-10-7-23(15-26)13-19(27)18-12-17(30-3)5-6-20(18)31-23/h5-6,12,16H,4,7-11,13-15H2,1-3H3. The first-order valence-corrected chi connectivity index (χ1v) is 10.9. The number of ketones is 1. The molecule has 1 aromatic carbocycles. The smallest absolute Gasteiger partial charge is 0.228 e. The van der Waals surface area contributed by atoms with Crippen molar-refractivity contribution in [3.8, 4) is 11.5 Å². The molecule has 8 heteroatoms. The zero-order valence-electron chi connectivity index (χ0n) is 18.6. The summed E-state index contributed by atoms with van der Waals surface area (Å²) in [6.07, 6.45) is 2.03. The Hall–Kier alpha value is -2.61. The Morgan fingerprint density at radius 3 is 2.87 bits per heavy atom. The molecule has 2 amide bonds. The van der Waals surface area contributed by atoms with E-state index in [-0.39, 0.29) is 36.4 Å². The van der Waals surface area contributed by atoms with E-state index in [4.69, 9.17) is 9.47 Å². The molecule has 1 aromatic rings. The van der Waals surface area contributed by atoms with Crippen LogP contribution in [-0.4, -0.2) is 91.8 Å². The van der Waals surface area contributed by atoms with Crippen LogP contribution in [0.2, 0.25) is 0 Å². The van der Waals surface area contributed by atoms with Gasteiger partial charge < -0.3 is 24.2 Å². The number of likely N-dealkylation sites (tertiary alicyclic amines) is 2. The van der Waals surface area contributed by atoms with Crippen molar-refractivity contribution < 1.29 is 23.9 Å². The third kappa shape index (κ3) is 4.39. The van der Waals surface area contributed by atoms with Gasteiger partial charge in [-0.25, -0.2) is 0 Å². The van der Waals surface area contributed by atoms with Gasteiger partial charge in [0.1, 0.15) is 17.1 Å². The molecule has 8 nitrogen and oxygen atoms in total. The molecule has 0 aromatic heterocycles. The Morgan fingerprint density at radius 2 is 2.13 bits per heavy atom. The van der Waals surface area contributed by atoms with Crippen LogP contribution in [0.15, 0.2) is 18.2 Å². The van der Waals surface area contributed by atoms with E-state index in [9.17, 15) is 14.4 Å². The van der Waals surface area contributed by atoms with E-state index >= 15 is 0 Å². The lowest BCUT2D eigenvalue weighted by Gasteiger charge is -2.35. The monoisotopic (exact) mass is 429 g/mol. The molecule has 168 valence electrons. The summed E-state index contributed by atoms with van der Waals surface area (Å²) in [6.45, 7) is 3.01. The van der Waals surface area contributed by atoms with Crippen molar-refractivity contribution in [2.75, 3.05) is 53.9 Å². The summed E-state index contributed by atoms with van der Waals surface area (Å²) < 4.78 is 11.5. The molecule has 4 rings (SSSR count). The number of ether oxygens (including phenoxy) is 2. The number of carbonyl (C=O) groups is 3. The number of fused-ring (bicyclic) bond motifs is 1. The molecule has 0 aliphatic carbocycles. The van der Waals surface area contributed by atoms with Gasteiger partial charge in [0.05, 0.1) is 31.6 Å². The Labute approximate surface area is 183 Å². The second-order valence-corrected chi connectivity index (χ2v) is 9.15. The van der Waals surface area contributed by atoms with Crippen LogP contribution in [0.3, 0.4) is 0 Å². The summed E-state index contributed by atoms with van der Waals surface area (Å²) in [5.74, 6) is 0.927. The van der Waals surface area contributed by atoms with Gasteiger partial charge in [-0.05, 0) is 45.3 Å². The van der Waals surface area contributed by atoms with Crippen LogP contribution in [0.5, 0.6) is 11.5 Å². The molecular formula is C23H31N3O5. The minimum Gasteiger partial charge on any atom is -0.497 e. The third-order valence-electron chi connectivity index (χ3n) is 6.52. The number of hydrogen-bond donors (Lipinski definition) is 0. The fourth-order valence-electron chi connectivity index (χ4n) is 4.85. The average molecular weight is 430 g/mol. The summed E-state index contributed by atoms with van der Waals surface area (Å²) in [7, 11) is 5.58. The van der Waals surface area contributed by atoms with Crippen LogP contribution in [0.4, 0.5) is 0 Å². The first-order chi connectivity index (χ1) is 14.8. The molecule has 2 unspecified atom stereocenters. The highest BCUT2D eigenvalue weighted by atomic mass is 16.5. The minimum atomic E-state index is -0.678. The first kappa shape index (κ1) is 21.6. The van der Waals surface area contributed by atoms with Crippen molar-refractivity contribution in [3.05, 3.63) is 23.8 Å². The van der Waals surface area contributed by atoms with Crippen LogP contribution < -0.4 is 9.47 Å². The van der Waals surface area contributed by atoms with E-state index in [2.05, 4.69) is 4.90 Å². The molecule has 1 spiro atoms. The SMILES string of the molecule is COc1ccc2c(c1)C(=O)CC1(CCN(C(=O)C3CC(=O)N(CCCN(C)C)C3)C1)O2. The topological polar surface area (TPSA) is 79.4 Å². The Kier molecular flexibility index (Phi) is 5.92. The maximum atomic E-state index is 13.1. The number of benzene rings is 1. The van der Waals surface area contributed by atoms with Crippen LogP contribution in [0.1, 0.15) is 36.0 Å². The third-order valence-corrected chi connectivity index (χ3v) is 6.52. The van der Waals surface area contributed by atoms with Gasteiger partial charge in [0, 0.05) is 32.5 Å². The highest BCUT2D eigenvalue weighted by Crippen LogP contribution is 2.40. The highest BCUT2D eigenvalue weighted by Gasteiger charge is 2.48. The van der Waals surface area contributed by atoms with E-state index in [1.165, 1.54) is 0 Å². The highest BCUT2D eigenvalue weighted by molar-refractivity contribution is 6.01. The van der Waals surface area contributed by atoms with E-state index in [1.807, 2.05) is 19.0 Å². The predicted octanol–water partition coefficient (Wildman–Crippen LogP) is 1.43. The number of nitrogens with zero attached hydrogens (tertiary/aromatic N) is 3. The zero-order valence-corrected chi connectivity index (χ0v) is 18.6. The zero-order chi connectivity index (χ0) is 22.2. The molecule has 0 saturated carbocycles. The van der Waals surface area contributed by atoms with Gasteiger partial charge in [-0.3, -0.25) is 14.4 Å². The molecule has 2 saturated heterocycles. The summed E-state index contributed by atoms with van der Waals surface area (Å²) in [5, 5.41) is 0. The molecule has 3 heterocycles. The summed E-state index contributed by atoms with van der Waals surface area (Å²) in [5.41, 5.74) is -0.146. The van der Waals surface area contributed by atoms with Crippen molar-refractivity contribution >= 4 is 17.6 Å². The summed E-state index contributed by atoms with van der Waals surface area (Å²) in [4.78, 5) is 44.0. The van der Waals surface area contributed by atoms with Gasteiger partial charge in [-0.15, -0.1) is 0 Å². The molecule has 0 N–H and O–H groups in total. The fraction of sp³-hybridized carbons (Fsp3) is 0.609. The van der Waals surface area contributed by atoms with Crippen LogP contribution in [0.25, 0.3) is 0 Å². The van der Waals surface area contributed by atoms with Gasteiger partial charge >= 0.3 is 0 Å². The number of hydrogen-bond acceptors (Lipinski definition) is 6. The number of rotatable bonds is 6. The minimum absolute atomic E-state index is 0.00286. The molecule has 31 heavy (non-hydrogen) atoms. The quantitative estimate of drug-likeness (QED) is 0.681. The first-order valence-electron chi connectivity index (χ1n) is 10.9. The second kappa shape index (κ2) is 8.49. The van der Waals surface area contributed by atoms with E-state index < -0.39 is 5.60 Å². The molecule has 2 fully saturated rings. The lowest BCUT2D eigenvalue weighted by Crippen LogP contribution is -2.46. The number of Topliss-reactive ketones (excluding diaryl/α,β-unsaturated/α-hetero) is 1. The number of carbonyl (C=O) groups excluding carboxylic acids is 3. The van der Waals surface area contributed by atoms with Gasteiger partial charge in [0.2, 0.25) is 11.8 Å². The molecule has 2 atom stereocenters. The lowest BCUT2D eigenvalue weighted by atomic mass is 9.89. The Balaban J connectivity index is 1.38. The fourth-order valence-corrected chi connectivity index (χ4v) is 4.85. The molecular weight excluding hydrogens is 398 g/mol. The predicted molar refractivity (Wildman–Crippen MR) is 114 cm³/mol. The number of amides is 2. The molecule has 0 bridgehead atoms. The molecule has 0 radical (unpaired) electrons. The van der Waals surface area contributed by atoms with Gasteiger partial charge in [0.15, 0.2) is 5.78 Å². The largest absolute Gasteiger partial charge is 0.497 e. The van der Waals surface area contributed by atoms with E-state index in [0.717, 1.165) is 13.0 Å². The Morgan fingerprint density at radius 1 is 1.32 bits per heavy atom. The van der Waals surface area contributed by atoms with Crippen molar-refractivity contribution in [1.29, 1.82) is 0 Å². The van der Waals surface area contributed by atoms with Crippen LogP contribution in [-0.2, 0) is 9.59 Å². The summed E-state index contributed by atoms with van der Waals surface area (Å²) in [6, 6.07) is 5.24. The van der Waals surface area contributed by atoms with E-state index in [0.29, 0.717) is 49.7 Å². The van der Waals surface area contributed by atoms with Crippen LogP contribution >= 0.6 is 0 Å². The molecule has 3 aliphatic heterocycles. The van der Waals surface area contributed by atoms with Crippen molar-refractivity contribution in [3.63, 3.8) is 0 Å². The van der Waals surface area contributed by atoms with Gasteiger partial charge in [-0.1, -0.05) is 0 Å². The maximum Gasteiger partial charge on any atom is 0.228 e. The van der Waals surface area contributed by atoms with Crippen LogP contribution in [0, 0.1) is 5.92 Å². The lowest BCUT2D eigenvalue weighted by molar-refractivity contribution is -0.135.